The molecule has 0 spiro atoms. The third kappa shape index (κ3) is 4.79. The molecule has 3 rings (SSSR count). The zero-order valence-corrected chi connectivity index (χ0v) is 17.4. The molecule has 29 heavy (non-hydrogen) atoms. The Bertz CT molecular complexity index is 1050. The third-order valence-corrected chi connectivity index (χ3v) is 5.31. The second-order valence-electron chi connectivity index (χ2n) is 5.83. The lowest BCUT2D eigenvalue weighted by molar-refractivity contribution is 0.0593. The number of ether oxygens (including phenoxy) is 2. The molecule has 1 heterocycles. The predicted molar refractivity (Wildman–Crippen MR) is 119 cm³/mol. The number of methoxy groups -OCH3 is 2. The van der Waals surface area contributed by atoms with Crippen LogP contribution < -0.4 is 10.6 Å². The highest BCUT2D eigenvalue weighted by Gasteiger charge is 2.19. The van der Waals surface area contributed by atoms with Gasteiger partial charge in [0.05, 0.1) is 31.0 Å². The molecule has 3 aromatic rings. The Morgan fingerprint density at radius 2 is 1.48 bits per heavy atom. The number of para-hydroxylation sites is 1. The van der Waals surface area contributed by atoms with Gasteiger partial charge in [-0.1, -0.05) is 42.5 Å². The first-order chi connectivity index (χ1) is 14.0. The number of nitrogens with one attached hydrogen (secondary N) is 2. The van der Waals surface area contributed by atoms with Crippen LogP contribution in [0.2, 0.25) is 0 Å². The average Bonchev–Trinajstić information content (AvgIpc) is 3.17. The molecule has 0 unspecified atom stereocenters. The molecule has 8 heteroatoms. The lowest BCUT2D eigenvalue weighted by atomic mass is 10.1. The van der Waals surface area contributed by atoms with Gasteiger partial charge >= 0.3 is 11.9 Å². The summed E-state index contributed by atoms with van der Waals surface area (Å²) in [6, 6.07) is 18.3. The summed E-state index contributed by atoms with van der Waals surface area (Å²) in [4.78, 5) is 25.0. The summed E-state index contributed by atoms with van der Waals surface area (Å²) in [6.45, 7) is 0. The quantitative estimate of drug-likeness (QED) is 0.448. The van der Waals surface area contributed by atoms with Crippen LogP contribution in [0, 0.1) is 0 Å². The van der Waals surface area contributed by atoms with E-state index in [2.05, 4.69) is 10.6 Å². The number of rotatable bonds is 5. The Labute approximate surface area is 177 Å². The molecule has 0 saturated carbocycles. The Hall–Kier alpha value is -3.23. The van der Waals surface area contributed by atoms with Gasteiger partial charge in [-0.15, -0.1) is 11.3 Å². The van der Waals surface area contributed by atoms with Crippen molar-refractivity contribution in [2.75, 3.05) is 24.9 Å². The summed E-state index contributed by atoms with van der Waals surface area (Å²) in [5.74, 6) is -0.947. The van der Waals surface area contributed by atoms with E-state index in [1.807, 2.05) is 30.3 Å². The number of benzene rings is 2. The molecule has 6 nitrogen and oxygen atoms in total. The second-order valence-corrected chi connectivity index (χ2v) is 7.29. The maximum absolute atomic E-state index is 12.2. The van der Waals surface area contributed by atoms with Gasteiger partial charge in [-0.3, -0.25) is 0 Å². The standard InChI is InChI=1S/C21H18N2O4S2/c1-26-19(24)14-10-6-7-11-16(14)22-21(28)23-18-15(20(25)27-2)12-17(29-18)13-8-4-3-5-9-13/h3-12H,1-2H3,(H2,22,23,28). The highest BCUT2D eigenvalue weighted by Crippen LogP contribution is 2.36. The van der Waals surface area contributed by atoms with Gasteiger partial charge in [0.15, 0.2) is 5.11 Å². The molecule has 0 fully saturated rings. The molecule has 0 atom stereocenters. The third-order valence-electron chi connectivity index (χ3n) is 4.00. The van der Waals surface area contributed by atoms with E-state index in [-0.39, 0.29) is 5.11 Å². The molecule has 2 aromatic carbocycles. The minimum atomic E-state index is -0.478. The topological polar surface area (TPSA) is 76.7 Å². The van der Waals surface area contributed by atoms with Gasteiger partial charge in [0.1, 0.15) is 5.00 Å². The number of hydrogen-bond donors (Lipinski definition) is 2. The number of anilines is 2. The average molecular weight is 427 g/mol. The molecule has 0 radical (unpaired) electrons. The zero-order chi connectivity index (χ0) is 20.8. The van der Waals surface area contributed by atoms with E-state index in [0.29, 0.717) is 21.8 Å². The first-order valence-electron chi connectivity index (χ1n) is 8.56. The lowest BCUT2D eigenvalue weighted by Crippen LogP contribution is -2.21. The maximum Gasteiger partial charge on any atom is 0.340 e. The maximum atomic E-state index is 12.2. The van der Waals surface area contributed by atoms with Gasteiger partial charge in [0.25, 0.3) is 0 Å². The van der Waals surface area contributed by atoms with Crippen molar-refractivity contribution < 1.29 is 19.1 Å². The van der Waals surface area contributed by atoms with Crippen LogP contribution in [0.5, 0.6) is 0 Å². The van der Waals surface area contributed by atoms with Crippen LogP contribution in [0.4, 0.5) is 10.7 Å². The lowest BCUT2D eigenvalue weighted by Gasteiger charge is -2.13. The second kappa shape index (κ2) is 9.31. The van der Waals surface area contributed by atoms with Crippen molar-refractivity contribution >= 4 is 51.3 Å². The van der Waals surface area contributed by atoms with Crippen LogP contribution >= 0.6 is 23.6 Å². The van der Waals surface area contributed by atoms with E-state index < -0.39 is 11.9 Å². The van der Waals surface area contributed by atoms with Gasteiger partial charge in [-0.25, -0.2) is 9.59 Å². The van der Waals surface area contributed by atoms with Crippen LogP contribution in [-0.4, -0.2) is 31.3 Å². The highest BCUT2D eigenvalue weighted by molar-refractivity contribution is 7.80. The van der Waals surface area contributed by atoms with Crippen LogP contribution in [0.1, 0.15) is 20.7 Å². The Morgan fingerprint density at radius 1 is 0.862 bits per heavy atom. The van der Waals surface area contributed by atoms with Gasteiger partial charge < -0.3 is 20.1 Å². The van der Waals surface area contributed by atoms with Gasteiger partial charge in [-0.2, -0.15) is 0 Å². The highest BCUT2D eigenvalue weighted by atomic mass is 32.1. The number of esters is 2. The van der Waals surface area contributed by atoms with E-state index in [4.69, 9.17) is 21.7 Å². The van der Waals surface area contributed by atoms with Crippen LogP contribution in [0.15, 0.2) is 60.7 Å². The fourth-order valence-electron chi connectivity index (χ4n) is 2.63. The Kier molecular flexibility index (Phi) is 6.58. The summed E-state index contributed by atoms with van der Waals surface area (Å²) in [6.07, 6.45) is 0. The molecule has 0 aliphatic carbocycles. The van der Waals surface area contributed by atoms with Crippen molar-refractivity contribution in [3.63, 3.8) is 0 Å². The fourth-order valence-corrected chi connectivity index (χ4v) is 3.96. The Morgan fingerprint density at radius 3 is 2.17 bits per heavy atom. The van der Waals surface area contributed by atoms with Crippen molar-refractivity contribution in [1.29, 1.82) is 0 Å². The first kappa shape index (κ1) is 20.5. The summed E-state index contributed by atoms with van der Waals surface area (Å²) in [5, 5.41) is 6.79. The van der Waals surface area contributed by atoms with E-state index in [1.54, 1.807) is 30.3 Å². The van der Waals surface area contributed by atoms with E-state index >= 15 is 0 Å². The Balaban J connectivity index is 1.86. The number of hydrogen-bond acceptors (Lipinski definition) is 6. The molecular formula is C21H18N2O4S2. The monoisotopic (exact) mass is 426 g/mol. The van der Waals surface area contributed by atoms with E-state index in [1.165, 1.54) is 25.6 Å². The molecule has 0 amide bonds. The molecular weight excluding hydrogens is 408 g/mol. The van der Waals surface area contributed by atoms with Gasteiger partial charge in [0.2, 0.25) is 0 Å². The molecule has 0 bridgehead atoms. The fraction of sp³-hybridized carbons (Fsp3) is 0.0952. The number of carbonyl (C=O) groups excluding carboxylic acids is 2. The van der Waals surface area contributed by atoms with Gasteiger partial charge in [-0.05, 0) is 36.0 Å². The van der Waals surface area contributed by atoms with Crippen molar-refractivity contribution in [2.24, 2.45) is 0 Å². The summed E-state index contributed by atoms with van der Waals surface area (Å²) in [5.41, 5.74) is 2.20. The SMILES string of the molecule is COC(=O)c1ccccc1NC(=S)Nc1sc(-c2ccccc2)cc1C(=O)OC. The number of carbonyl (C=O) groups is 2. The van der Waals surface area contributed by atoms with E-state index in [0.717, 1.165) is 10.4 Å². The molecule has 2 N–H and O–H groups in total. The molecule has 148 valence electrons. The number of thiophene rings is 1. The number of thiocarbonyl (C=S) groups is 1. The molecule has 0 aliphatic heterocycles. The van der Waals surface area contributed by atoms with Crippen LogP contribution in [0.3, 0.4) is 0 Å². The van der Waals surface area contributed by atoms with Crippen molar-refractivity contribution in [3.8, 4) is 10.4 Å². The van der Waals surface area contributed by atoms with Crippen molar-refractivity contribution in [3.05, 3.63) is 71.8 Å². The largest absolute Gasteiger partial charge is 0.465 e. The summed E-state index contributed by atoms with van der Waals surface area (Å²) >= 11 is 6.77. The van der Waals surface area contributed by atoms with Crippen LogP contribution in [-0.2, 0) is 9.47 Å². The van der Waals surface area contributed by atoms with Crippen molar-refractivity contribution in [1.82, 2.24) is 0 Å². The van der Waals surface area contributed by atoms with Crippen molar-refractivity contribution in [2.45, 2.75) is 0 Å². The van der Waals surface area contributed by atoms with Gasteiger partial charge in [0, 0.05) is 4.88 Å². The summed E-state index contributed by atoms with van der Waals surface area (Å²) < 4.78 is 9.69. The minimum absolute atomic E-state index is 0.230. The minimum Gasteiger partial charge on any atom is -0.465 e. The van der Waals surface area contributed by atoms with Crippen LogP contribution in [0.25, 0.3) is 10.4 Å². The smallest absolute Gasteiger partial charge is 0.340 e. The molecule has 0 saturated heterocycles. The summed E-state index contributed by atoms with van der Waals surface area (Å²) in [7, 11) is 2.64. The van der Waals surface area contributed by atoms with E-state index in [9.17, 15) is 9.59 Å². The normalized spacial score (nSPS) is 10.1. The molecule has 1 aromatic heterocycles. The first-order valence-corrected chi connectivity index (χ1v) is 9.79. The zero-order valence-electron chi connectivity index (χ0n) is 15.7. The molecule has 0 aliphatic rings. The predicted octanol–water partition coefficient (Wildman–Crippen LogP) is 4.80.